The summed E-state index contributed by atoms with van der Waals surface area (Å²) < 4.78 is 5.19. The standard InChI is InChI=1S/C19H29ClO2S/c1-2-3-4-5-6-7-8-9-10-11-19(21)22-23-16-17-12-14-18(20)15-13-17/h12-15H,2-11,16H2,1H3. The van der Waals surface area contributed by atoms with Crippen molar-refractivity contribution in [2.45, 2.75) is 76.9 Å². The molecule has 4 heteroatoms. The van der Waals surface area contributed by atoms with Crippen LogP contribution in [-0.2, 0) is 14.7 Å². The Labute approximate surface area is 150 Å². The zero-order chi connectivity index (χ0) is 16.8. The average Bonchev–Trinajstić information content (AvgIpc) is 2.55. The minimum atomic E-state index is -0.105. The Morgan fingerprint density at radius 3 is 2.13 bits per heavy atom. The van der Waals surface area contributed by atoms with Gasteiger partial charge in [-0.3, -0.25) is 4.79 Å². The molecule has 0 spiro atoms. The van der Waals surface area contributed by atoms with E-state index in [1.807, 2.05) is 24.3 Å². The number of carbonyl (C=O) groups is 1. The van der Waals surface area contributed by atoms with Crippen LogP contribution in [0.3, 0.4) is 0 Å². The molecule has 23 heavy (non-hydrogen) atoms. The Morgan fingerprint density at radius 1 is 0.957 bits per heavy atom. The van der Waals surface area contributed by atoms with Gasteiger partial charge in [-0.2, -0.15) is 0 Å². The molecule has 0 amide bonds. The minimum Gasteiger partial charge on any atom is -0.391 e. The monoisotopic (exact) mass is 356 g/mol. The normalized spacial score (nSPS) is 10.7. The van der Waals surface area contributed by atoms with Crippen molar-refractivity contribution in [2.24, 2.45) is 0 Å². The van der Waals surface area contributed by atoms with Crippen LogP contribution in [0.5, 0.6) is 0 Å². The Balaban J connectivity index is 1.91. The van der Waals surface area contributed by atoms with Gasteiger partial charge in [0.1, 0.15) is 0 Å². The van der Waals surface area contributed by atoms with Crippen molar-refractivity contribution in [3.8, 4) is 0 Å². The molecular weight excluding hydrogens is 328 g/mol. The first-order valence-electron chi connectivity index (χ1n) is 8.79. The second kappa shape index (κ2) is 13.7. The molecule has 1 aromatic carbocycles. The van der Waals surface area contributed by atoms with Crippen molar-refractivity contribution in [1.82, 2.24) is 0 Å². The van der Waals surface area contributed by atoms with E-state index >= 15 is 0 Å². The number of halogens is 1. The van der Waals surface area contributed by atoms with E-state index in [0.29, 0.717) is 12.2 Å². The maximum atomic E-state index is 11.6. The zero-order valence-corrected chi connectivity index (χ0v) is 15.8. The van der Waals surface area contributed by atoms with Crippen LogP contribution in [-0.4, -0.2) is 5.97 Å². The number of hydrogen-bond acceptors (Lipinski definition) is 3. The Hall–Kier alpha value is -0.670. The molecule has 0 heterocycles. The fraction of sp³-hybridized carbons (Fsp3) is 0.632. The van der Waals surface area contributed by atoms with Crippen LogP contribution >= 0.6 is 23.6 Å². The third-order valence-corrected chi connectivity index (χ3v) is 4.78. The molecule has 0 aromatic heterocycles. The third kappa shape index (κ3) is 11.5. The summed E-state index contributed by atoms with van der Waals surface area (Å²) >= 11 is 7.04. The molecular formula is C19H29ClO2S. The fourth-order valence-electron chi connectivity index (χ4n) is 2.37. The van der Waals surface area contributed by atoms with Crippen LogP contribution in [0, 0.1) is 0 Å². The highest BCUT2D eigenvalue weighted by Crippen LogP contribution is 2.17. The van der Waals surface area contributed by atoms with E-state index < -0.39 is 0 Å². The molecule has 1 rings (SSSR count). The van der Waals surface area contributed by atoms with Gasteiger partial charge >= 0.3 is 5.97 Å². The van der Waals surface area contributed by atoms with Gasteiger partial charge in [-0.1, -0.05) is 82.0 Å². The summed E-state index contributed by atoms with van der Waals surface area (Å²) in [6.45, 7) is 2.24. The summed E-state index contributed by atoms with van der Waals surface area (Å²) in [5.74, 6) is 0.563. The van der Waals surface area contributed by atoms with Crippen LogP contribution in [0.25, 0.3) is 0 Å². The summed E-state index contributed by atoms with van der Waals surface area (Å²) in [4.78, 5) is 11.6. The van der Waals surface area contributed by atoms with Crippen molar-refractivity contribution in [3.63, 3.8) is 0 Å². The van der Waals surface area contributed by atoms with Gasteiger partial charge in [0.25, 0.3) is 0 Å². The summed E-state index contributed by atoms with van der Waals surface area (Å²) in [6.07, 6.45) is 11.9. The molecule has 0 saturated heterocycles. The molecule has 0 fully saturated rings. The molecule has 0 saturated carbocycles. The van der Waals surface area contributed by atoms with Crippen LogP contribution in [0.4, 0.5) is 0 Å². The van der Waals surface area contributed by atoms with E-state index in [1.54, 1.807) is 0 Å². The second-order valence-electron chi connectivity index (χ2n) is 5.92. The van der Waals surface area contributed by atoms with E-state index in [0.717, 1.165) is 23.4 Å². The van der Waals surface area contributed by atoms with Crippen molar-refractivity contribution in [2.75, 3.05) is 0 Å². The van der Waals surface area contributed by atoms with Gasteiger partial charge in [-0.25, -0.2) is 0 Å². The van der Waals surface area contributed by atoms with Crippen LogP contribution in [0.1, 0.15) is 76.7 Å². The van der Waals surface area contributed by atoms with Crippen molar-refractivity contribution < 1.29 is 8.98 Å². The molecule has 0 radical (unpaired) electrons. The molecule has 0 unspecified atom stereocenters. The SMILES string of the molecule is CCCCCCCCCCCC(=O)OSCc1ccc(Cl)cc1. The van der Waals surface area contributed by atoms with Gasteiger partial charge < -0.3 is 4.18 Å². The Morgan fingerprint density at radius 2 is 1.52 bits per heavy atom. The van der Waals surface area contributed by atoms with E-state index in [9.17, 15) is 4.79 Å². The highest BCUT2D eigenvalue weighted by Gasteiger charge is 2.04. The van der Waals surface area contributed by atoms with Crippen molar-refractivity contribution >= 4 is 29.6 Å². The first kappa shape index (κ1) is 20.4. The zero-order valence-electron chi connectivity index (χ0n) is 14.2. The van der Waals surface area contributed by atoms with E-state index in [2.05, 4.69) is 6.92 Å². The number of hydrogen-bond donors (Lipinski definition) is 0. The topological polar surface area (TPSA) is 26.3 Å². The van der Waals surface area contributed by atoms with Gasteiger partial charge in [0.2, 0.25) is 0 Å². The van der Waals surface area contributed by atoms with Crippen LogP contribution < -0.4 is 0 Å². The third-order valence-electron chi connectivity index (χ3n) is 3.78. The Kier molecular flexibility index (Phi) is 12.2. The summed E-state index contributed by atoms with van der Waals surface area (Å²) in [5, 5.41) is 0.723. The molecule has 1 aromatic rings. The molecule has 0 aliphatic heterocycles. The smallest absolute Gasteiger partial charge is 0.317 e. The molecule has 0 N–H and O–H groups in total. The number of rotatable bonds is 13. The second-order valence-corrected chi connectivity index (χ2v) is 7.05. The lowest BCUT2D eigenvalue weighted by Gasteiger charge is -2.04. The van der Waals surface area contributed by atoms with Crippen molar-refractivity contribution in [3.05, 3.63) is 34.9 Å². The largest absolute Gasteiger partial charge is 0.391 e. The minimum absolute atomic E-state index is 0.105. The van der Waals surface area contributed by atoms with E-state index in [-0.39, 0.29) is 5.97 Å². The van der Waals surface area contributed by atoms with Crippen LogP contribution in [0.15, 0.2) is 24.3 Å². The number of benzene rings is 1. The Bertz CT molecular complexity index is 420. The highest BCUT2D eigenvalue weighted by atomic mass is 35.5. The summed E-state index contributed by atoms with van der Waals surface area (Å²) in [6, 6.07) is 7.59. The lowest BCUT2D eigenvalue weighted by molar-refractivity contribution is -0.133. The van der Waals surface area contributed by atoms with Gasteiger partial charge in [0, 0.05) is 11.4 Å². The molecule has 130 valence electrons. The molecule has 0 aliphatic rings. The lowest BCUT2D eigenvalue weighted by Crippen LogP contribution is -1.98. The average molecular weight is 357 g/mol. The number of unbranched alkanes of at least 4 members (excludes halogenated alkanes) is 8. The number of carbonyl (C=O) groups excluding carboxylic acids is 1. The maximum absolute atomic E-state index is 11.6. The van der Waals surface area contributed by atoms with Crippen molar-refractivity contribution in [1.29, 1.82) is 0 Å². The molecule has 0 aliphatic carbocycles. The summed E-state index contributed by atoms with van der Waals surface area (Å²) in [7, 11) is 0. The van der Waals surface area contributed by atoms with Crippen LogP contribution in [0.2, 0.25) is 5.02 Å². The van der Waals surface area contributed by atoms with Gasteiger partial charge in [-0.15, -0.1) is 0 Å². The molecule has 2 nitrogen and oxygen atoms in total. The lowest BCUT2D eigenvalue weighted by atomic mass is 10.1. The predicted octanol–water partition coefficient (Wildman–Crippen LogP) is 6.95. The molecule has 0 bridgehead atoms. The summed E-state index contributed by atoms with van der Waals surface area (Å²) in [5.41, 5.74) is 1.11. The van der Waals surface area contributed by atoms with Gasteiger partial charge in [0.15, 0.2) is 0 Å². The van der Waals surface area contributed by atoms with Gasteiger partial charge in [0.05, 0.1) is 17.8 Å². The first-order chi connectivity index (χ1) is 11.2. The molecule has 0 atom stereocenters. The predicted molar refractivity (Wildman–Crippen MR) is 101 cm³/mol. The fourth-order valence-corrected chi connectivity index (χ4v) is 3.09. The quantitative estimate of drug-likeness (QED) is 0.282. The maximum Gasteiger partial charge on any atom is 0.317 e. The van der Waals surface area contributed by atoms with E-state index in [4.69, 9.17) is 15.8 Å². The van der Waals surface area contributed by atoms with Gasteiger partial charge in [-0.05, 0) is 24.1 Å². The van der Waals surface area contributed by atoms with E-state index in [1.165, 1.54) is 57.0 Å². The first-order valence-corrected chi connectivity index (χ1v) is 10.1. The highest BCUT2D eigenvalue weighted by molar-refractivity contribution is 7.94.